The van der Waals surface area contributed by atoms with Gasteiger partial charge in [-0.2, -0.15) is 0 Å². The summed E-state index contributed by atoms with van der Waals surface area (Å²) in [7, 11) is 0. The smallest absolute Gasteiger partial charge is 0.258 e. The number of carbonyl (C=O) groups excluding carboxylic acids is 1. The molecule has 0 atom stereocenters. The number of halogens is 1. The maximum atomic E-state index is 12.2. The summed E-state index contributed by atoms with van der Waals surface area (Å²) >= 11 is 6.35. The maximum Gasteiger partial charge on any atom is 0.258 e. The molecule has 0 unspecified atom stereocenters. The summed E-state index contributed by atoms with van der Waals surface area (Å²) in [6.07, 6.45) is 0. The van der Waals surface area contributed by atoms with Crippen LogP contribution in [0.5, 0.6) is 5.75 Å². The highest BCUT2D eigenvalue weighted by Gasteiger charge is 2.13. The predicted octanol–water partition coefficient (Wildman–Crippen LogP) is 4.43. The molecule has 4 aromatic rings. The number of amides is 1. The second-order valence-electron chi connectivity index (χ2n) is 6.57. The van der Waals surface area contributed by atoms with E-state index < -0.39 is 0 Å². The first-order valence-corrected chi connectivity index (χ1v) is 9.70. The molecule has 1 aromatic heterocycles. The number of ether oxygens (including phenoxy) is 1. The Labute approximate surface area is 173 Å². The molecule has 0 aliphatic carbocycles. The van der Waals surface area contributed by atoms with Crippen LogP contribution in [0.4, 0.5) is 0 Å². The summed E-state index contributed by atoms with van der Waals surface area (Å²) in [6, 6.07) is 24.9. The highest BCUT2D eigenvalue weighted by atomic mass is 35.5. The third-order valence-electron chi connectivity index (χ3n) is 4.58. The Bertz CT molecular complexity index is 1130. The van der Waals surface area contributed by atoms with Gasteiger partial charge in [0.05, 0.1) is 24.1 Å². The molecule has 6 heteroatoms. The number of hydrogen-bond donors (Lipinski definition) is 1. The largest absolute Gasteiger partial charge is 0.484 e. The van der Waals surface area contributed by atoms with E-state index in [0.717, 1.165) is 22.4 Å². The lowest BCUT2D eigenvalue weighted by molar-refractivity contribution is -0.123. The van der Waals surface area contributed by atoms with Crippen molar-refractivity contribution in [2.24, 2.45) is 0 Å². The van der Waals surface area contributed by atoms with Crippen molar-refractivity contribution in [3.63, 3.8) is 0 Å². The average Bonchev–Trinajstić information content (AvgIpc) is 3.10. The Balaban J connectivity index is 1.49. The van der Waals surface area contributed by atoms with Crippen LogP contribution < -0.4 is 10.1 Å². The van der Waals surface area contributed by atoms with Crippen molar-refractivity contribution in [3.05, 3.63) is 95.3 Å². The van der Waals surface area contributed by atoms with Crippen LogP contribution >= 0.6 is 11.6 Å². The maximum absolute atomic E-state index is 12.2. The van der Waals surface area contributed by atoms with Crippen LogP contribution in [0.2, 0.25) is 5.02 Å². The number of rotatable bonds is 7. The normalized spacial score (nSPS) is 10.8. The molecule has 0 bridgehead atoms. The van der Waals surface area contributed by atoms with E-state index >= 15 is 0 Å². The number of hydrogen-bond acceptors (Lipinski definition) is 3. The van der Waals surface area contributed by atoms with E-state index in [-0.39, 0.29) is 12.5 Å². The van der Waals surface area contributed by atoms with Gasteiger partial charge in [0.25, 0.3) is 5.91 Å². The summed E-state index contributed by atoms with van der Waals surface area (Å²) in [4.78, 5) is 16.9. The molecule has 0 radical (unpaired) electrons. The number of fused-ring (bicyclic) bond motifs is 1. The molecule has 0 aliphatic heterocycles. The fraction of sp³-hybridized carbons (Fsp3) is 0.130. The number of nitrogens with one attached hydrogen (secondary N) is 1. The second kappa shape index (κ2) is 8.80. The molecule has 146 valence electrons. The number of benzene rings is 3. The van der Waals surface area contributed by atoms with Gasteiger partial charge in [0, 0.05) is 5.02 Å². The fourth-order valence-corrected chi connectivity index (χ4v) is 3.32. The van der Waals surface area contributed by atoms with Gasteiger partial charge in [0.15, 0.2) is 6.61 Å². The zero-order valence-electron chi connectivity index (χ0n) is 15.7. The minimum Gasteiger partial charge on any atom is -0.484 e. The van der Waals surface area contributed by atoms with Crippen molar-refractivity contribution >= 4 is 28.5 Å². The molecule has 0 fully saturated rings. The van der Waals surface area contributed by atoms with Crippen molar-refractivity contribution in [1.82, 2.24) is 14.9 Å². The molecule has 0 saturated heterocycles. The van der Waals surface area contributed by atoms with Crippen molar-refractivity contribution in [3.8, 4) is 5.75 Å². The van der Waals surface area contributed by atoms with E-state index in [9.17, 15) is 4.79 Å². The zero-order chi connectivity index (χ0) is 20.1. The Morgan fingerprint density at radius 2 is 1.69 bits per heavy atom. The molecule has 1 N–H and O–H groups in total. The lowest BCUT2D eigenvalue weighted by atomic mass is 10.2. The van der Waals surface area contributed by atoms with E-state index in [2.05, 4.69) is 9.88 Å². The molecular weight excluding hydrogens is 386 g/mol. The number of nitrogens with zero attached hydrogens (tertiary/aromatic N) is 2. The van der Waals surface area contributed by atoms with E-state index in [4.69, 9.17) is 21.3 Å². The summed E-state index contributed by atoms with van der Waals surface area (Å²) in [5.41, 5.74) is 2.87. The van der Waals surface area contributed by atoms with E-state index in [1.54, 1.807) is 0 Å². The van der Waals surface area contributed by atoms with Gasteiger partial charge < -0.3 is 14.6 Å². The van der Waals surface area contributed by atoms with Crippen LogP contribution in [-0.2, 0) is 17.9 Å². The van der Waals surface area contributed by atoms with Gasteiger partial charge in [-0.3, -0.25) is 4.79 Å². The zero-order valence-corrected chi connectivity index (χ0v) is 16.5. The first-order valence-electron chi connectivity index (χ1n) is 9.33. The van der Waals surface area contributed by atoms with Crippen molar-refractivity contribution in [1.29, 1.82) is 0 Å². The minimum atomic E-state index is -0.204. The van der Waals surface area contributed by atoms with Crippen LogP contribution in [0, 0.1) is 0 Å². The highest BCUT2D eigenvalue weighted by Crippen LogP contribution is 2.21. The Morgan fingerprint density at radius 3 is 2.52 bits per heavy atom. The molecule has 1 amide bonds. The van der Waals surface area contributed by atoms with Gasteiger partial charge in [0.2, 0.25) is 0 Å². The van der Waals surface area contributed by atoms with Crippen molar-refractivity contribution < 1.29 is 9.53 Å². The van der Waals surface area contributed by atoms with E-state index in [0.29, 0.717) is 23.9 Å². The van der Waals surface area contributed by atoms with E-state index in [1.807, 2.05) is 78.9 Å². The third kappa shape index (κ3) is 4.58. The highest BCUT2D eigenvalue weighted by molar-refractivity contribution is 6.31. The summed E-state index contributed by atoms with van der Waals surface area (Å²) < 4.78 is 7.58. The molecule has 1 heterocycles. The topological polar surface area (TPSA) is 56.1 Å². The lowest BCUT2D eigenvalue weighted by Crippen LogP contribution is -2.29. The van der Waals surface area contributed by atoms with Gasteiger partial charge in [-0.05, 0) is 35.9 Å². The fourth-order valence-electron chi connectivity index (χ4n) is 3.13. The van der Waals surface area contributed by atoms with Gasteiger partial charge >= 0.3 is 0 Å². The lowest BCUT2D eigenvalue weighted by Gasteiger charge is -2.12. The van der Waals surface area contributed by atoms with Crippen LogP contribution in [0.25, 0.3) is 11.0 Å². The molecule has 3 aromatic carbocycles. The standard InChI is InChI=1S/C23H20ClN3O2/c24-19-11-5-4-8-17(19)15-27-21-13-7-6-12-20(21)26-22(27)14-25-23(28)16-29-18-9-2-1-3-10-18/h1-13H,14-16H2,(H,25,28). The van der Waals surface area contributed by atoms with E-state index in [1.165, 1.54) is 0 Å². The van der Waals surface area contributed by atoms with Crippen LogP contribution in [-0.4, -0.2) is 22.1 Å². The number of aromatic nitrogens is 2. The quantitative estimate of drug-likeness (QED) is 0.494. The van der Waals surface area contributed by atoms with Crippen LogP contribution in [0.15, 0.2) is 78.9 Å². The van der Waals surface area contributed by atoms with Crippen molar-refractivity contribution in [2.75, 3.05) is 6.61 Å². The van der Waals surface area contributed by atoms with Crippen LogP contribution in [0.3, 0.4) is 0 Å². The molecular formula is C23H20ClN3O2. The molecule has 0 aliphatic rings. The monoisotopic (exact) mass is 405 g/mol. The number of carbonyl (C=O) groups is 1. The third-order valence-corrected chi connectivity index (χ3v) is 4.95. The molecule has 0 saturated carbocycles. The Kier molecular flexibility index (Phi) is 5.77. The first kappa shape index (κ1) is 19.0. The van der Waals surface area contributed by atoms with Crippen LogP contribution in [0.1, 0.15) is 11.4 Å². The summed E-state index contributed by atoms with van der Waals surface area (Å²) in [5, 5.41) is 3.60. The summed E-state index contributed by atoms with van der Waals surface area (Å²) in [5.74, 6) is 1.22. The Morgan fingerprint density at radius 1 is 0.966 bits per heavy atom. The van der Waals surface area contributed by atoms with Gasteiger partial charge in [-0.15, -0.1) is 0 Å². The Hall–Kier alpha value is -3.31. The average molecular weight is 406 g/mol. The van der Waals surface area contributed by atoms with Gasteiger partial charge in [0.1, 0.15) is 11.6 Å². The van der Waals surface area contributed by atoms with Gasteiger partial charge in [-0.1, -0.05) is 60.1 Å². The number of para-hydroxylation sites is 3. The molecule has 29 heavy (non-hydrogen) atoms. The number of imidazole rings is 1. The molecule has 5 nitrogen and oxygen atoms in total. The summed E-state index contributed by atoms with van der Waals surface area (Å²) in [6.45, 7) is 0.830. The second-order valence-corrected chi connectivity index (χ2v) is 6.98. The SMILES string of the molecule is O=C(COc1ccccc1)NCc1nc2ccccc2n1Cc1ccccc1Cl. The first-order chi connectivity index (χ1) is 14.2. The molecule has 0 spiro atoms. The predicted molar refractivity (Wildman–Crippen MR) is 114 cm³/mol. The molecule has 4 rings (SSSR count). The minimum absolute atomic E-state index is 0.0469. The van der Waals surface area contributed by atoms with Gasteiger partial charge in [-0.25, -0.2) is 4.98 Å². The van der Waals surface area contributed by atoms with Crippen molar-refractivity contribution in [2.45, 2.75) is 13.1 Å².